The lowest BCUT2D eigenvalue weighted by Crippen LogP contribution is -2.05. The lowest BCUT2D eigenvalue weighted by Gasteiger charge is -2.05. The van der Waals surface area contributed by atoms with E-state index in [0.29, 0.717) is 17.7 Å². The van der Waals surface area contributed by atoms with E-state index >= 15 is 0 Å². The Labute approximate surface area is 112 Å². The molecule has 0 radical (unpaired) electrons. The topological polar surface area (TPSA) is 123 Å². The van der Waals surface area contributed by atoms with Crippen molar-refractivity contribution in [2.24, 2.45) is 0 Å². The molecule has 0 amide bonds. The van der Waals surface area contributed by atoms with Crippen molar-refractivity contribution in [2.45, 2.75) is 6.42 Å². The Kier molecular flexibility index (Phi) is 2.99. The van der Waals surface area contributed by atoms with Crippen LogP contribution in [-0.4, -0.2) is 31.7 Å². The summed E-state index contributed by atoms with van der Waals surface area (Å²) in [5.74, 6) is 0. The van der Waals surface area contributed by atoms with Gasteiger partial charge >= 0.3 is 5.69 Å². The van der Waals surface area contributed by atoms with Crippen molar-refractivity contribution < 1.29 is 9.55 Å². The Balaban J connectivity index is 1.80. The van der Waals surface area contributed by atoms with Gasteiger partial charge in [-0.2, -0.15) is 0 Å². The van der Waals surface area contributed by atoms with Gasteiger partial charge in [0, 0.05) is 30.9 Å². The molecular formula is C11H10N6O3. The number of nitro groups is 1. The third-order valence-electron chi connectivity index (χ3n) is 2.86. The van der Waals surface area contributed by atoms with Crippen molar-refractivity contribution in [3.05, 3.63) is 40.5 Å². The first-order chi connectivity index (χ1) is 9.75. The van der Waals surface area contributed by atoms with Gasteiger partial charge in [0.1, 0.15) is 0 Å². The van der Waals surface area contributed by atoms with E-state index in [0.717, 1.165) is 12.1 Å². The van der Waals surface area contributed by atoms with Gasteiger partial charge in [0.15, 0.2) is 5.52 Å². The summed E-state index contributed by atoms with van der Waals surface area (Å²) in [6.07, 6.45) is 4.09. The molecule has 0 bridgehead atoms. The number of benzene rings is 1. The second-order valence-electron chi connectivity index (χ2n) is 4.10. The molecule has 20 heavy (non-hydrogen) atoms. The largest absolute Gasteiger partial charge is 0.383 e. The van der Waals surface area contributed by atoms with Crippen molar-refractivity contribution >= 4 is 22.4 Å². The Morgan fingerprint density at radius 3 is 2.95 bits per heavy atom. The number of nitrogens with one attached hydrogen (secondary N) is 2. The second kappa shape index (κ2) is 4.96. The fraction of sp³-hybridized carbons (Fsp3) is 0.182. The van der Waals surface area contributed by atoms with Crippen LogP contribution in [0.25, 0.3) is 11.0 Å². The summed E-state index contributed by atoms with van der Waals surface area (Å²) in [5.41, 5.74) is 2.01. The molecule has 0 unspecified atom stereocenters. The predicted molar refractivity (Wildman–Crippen MR) is 69.2 cm³/mol. The lowest BCUT2D eigenvalue weighted by atomic mass is 10.2. The molecule has 102 valence electrons. The predicted octanol–water partition coefficient (Wildman–Crippen LogP) is 1.51. The van der Waals surface area contributed by atoms with Gasteiger partial charge in [-0.1, -0.05) is 0 Å². The molecule has 2 N–H and O–H groups in total. The number of hydrogen-bond donors (Lipinski definition) is 2. The fourth-order valence-corrected chi connectivity index (χ4v) is 1.90. The number of nitro benzene ring substituents is 1. The highest BCUT2D eigenvalue weighted by molar-refractivity contribution is 5.93. The van der Waals surface area contributed by atoms with Gasteiger partial charge in [-0.25, -0.2) is 9.61 Å². The number of non-ortho nitro benzene ring substituents is 1. The molecule has 0 fully saturated rings. The molecule has 1 aromatic carbocycles. The van der Waals surface area contributed by atoms with Crippen molar-refractivity contribution in [3.8, 4) is 0 Å². The fourth-order valence-electron chi connectivity index (χ4n) is 1.90. The van der Waals surface area contributed by atoms with E-state index in [9.17, 15) is 10.1 Å². The van der Waals surface area contributed by atoms with E-state index in [2.05, 4.69) is 30.2 Å². The van der Waals surface area contributed by atoms with Crippen molar-refractivity contribution in [1.29, 1.82) is 0 Å². The number of nitrogens with zero attached hydrogens (tertiary/aromatic N) is 4. The van der Waals surface area contributed by atoms with Crippen molar-refractivity contribution in [2.75, 3.05) is 11.9 Å². The van der Waals surface area contributed by atoms with Crippen molar-refractivity contribution in [3.63, 3.8) is 0 Å². The van der Waals surface area contributed by atoms with E-state index < -0.39 is 4.92 Å². The Morgan fingerprint density at radius 2 is 2.20 bits per heavy atom. The van der Waals surface area contributed by atoms with Crippen LogP contribution in [0.4, 0.5) is 11.4 Å². The summed E-state index contributed by atoms with van der Waals surface area (Å²) in [4.78, 5) is 17.3. The molecule has 2 aromatic heterocycles. The van der Waals surface area contributed by atoms with Gasteiger partial charge in [-0.3, -0.25) is 10.1 Å². The number of hydrogen-bond acceptors (Lipinski definition) is 7. The minimum atomic E-state index is -0.513. The molecule has 0 aliphatic rings. The maximum absolute atomic E-state index is 10.9. The summed E-state index contributed by atoms with van der Waals surface area (Å²) >= 11 is 0. The molecule has 9 nitrogen and oxygen atoms in total. The first-order valence-corrected chi connectivity index (χ1v) is 5.86. The zero-order chi connectivity index (χ0) is 13.9. The van der Waals surface area contributed by atoms with E-state index in [4.69, 9.17) is 0 Å². The normalized spacial score (nSPS) is 10.8. The van der Waals surface area contributed by atoms with E-state index in [-0.39, 0.29) is 11.2 Å². The zero-order valence-corrected chi connectivity index (χ0v) is 10.2. The number of anilines is 1. The van der Waals surface area contributed by atoms with E-state index in [1.165, 1.54) is 6.07 Å². The molecule has 0 saturated carbocycles. The SMILES string of the molecule is O=[N+]([O-])c1ccc(NCCc2cnc[nH]2)c2nonc12. The number of rotatable bonds is 5. The third kappa shape index (κ3) is 2.16. The molecule has 0 aliphatic heterocycles. The Hall–Kier alpha value is -2.97. The average molecular weight is 274 g/mol. The zero-order valence-electron chi connectivity index (χ0n) is 10.2. The molecular weight excluding hydrogens is 264 g/mol. The smallest absolute Gasteiger partial charge is 0.300 e. The maximum Gasteiger partial charge on any atom is 0.300 e. The molecule has 3 aromatic rings. The van der Waals surface area contributed by atoms with Gasteiger partial charge in [0.05, 0.1) is 16.9 Å². The van der Waals surface area contributed by atoms with Crippen LogP contribution in [0.15, 0.2) is 29.3 Å². The minimum absolute atomic E-state index is 0.125. The third-order valence-corrected chi connectivity index (χ3v) is 2.86. The summed E-state index contributed by atoms with van der Waals surface area (Å²) in [6, 6.07) is 2.97. The summed E-state index contributed by atoms with van der Waals surface area (Å²) in [6.45, 7) is 0.627. The van der Waals surface area contributed by atoms with Gasteiger partial charge in [-0.15, -0.1) is 0 Å². The lowest BCUT2D eigenvalue weighted by molar-refractivity contribution is -0.383. The highest BCUT2D eigenvalue weighted by Crippen LogP contribution is 2.28. The monoisotopic (exact) mass is 274 g/mol. The summed E-state index contributed by atoms with van der Waals surface area (Å²) in [5, 5.41) is 21.3. The van der Waals surface area contributed by atoms with Crippen LogP contribution in [-0.2, 0) is 6.42 Å². The van der Waals surface area contributed by atoms with Gasteiger partial charge < -0.3 is 10.3 Å². The van der Waals surface area contributed by atoms with Gasteiger partial charge in [0.2, 0.25) is 5.52 Å². The first kappa shape index (κ1) is 12.1. The summed E-state index contributed by atoms with van der Waals surface area (Å²) < 4.78 is 4.59. The quantitative estimate of drug-likeness (QED) is 0.533. The van der Waals surface area contributed by atoms with Crippen LogP contribution >= 0.6 is 0 Å². The van der Waals surface area contributed by atoms with E-state index in [1.807, 2.05) is 0 Å². The van der Waals surface area contributed by atoms with Crippen LogP contribution in [0, 0.1) is 10.1 Å². The highest BCUT2D eigenvalue weighted by Gasteiger charge is 2.19. The Morgan fingerprint density at radius 1 is 1.35 bits per heavy atom. The number of imidazole rings is 1. The highest BCUT2D eigenvalue weighted by atomic mass is 16.6. The molecule has 3 rings (SSSR count). The van der Waals surface area contributed by atoms with Crippen LogP contribution < -0.4 is 5.32 Å². The molecule has 0 atom stereocenters. The van der Waals surface area contributed by atoms with Crippen LogP contribution in [0.5, 0.6) is 0 Å². The molecule has 0 aliphatic carbocycles. The number of aromatic amines is 1. The van der Waals surface area contributed by atoms with Crippen molar-refractivity contribution in [1.82, 2.24) is 20.3 Å². The molecule has 9 heteroatoms. The Bertz CT molecular complexity index is 736. The van der Waals surface area contributed by atoms with Gasteiger partial charge in [-0.05, 0) is 16.4 Å². The molecule has 2 heterocycles. The minimum Gasteiger partial charge on any atom is -0.383 e. The van der Waals surface area contributed by atoms with E-state index in [1.54, 1.807) is 18.6 Å². The summed E-state index contributed by atoms with van der Waals surface area (Å²) in [7, 11) is 0. The maximum atomic E-state index is 10.9. The molecule has 0 saturated heterocycles. The standard InChI is InChI=1S/C11H10N6O3/c18-17(19)9-2-1-8(10-11(9)16-20-15-10)13-4-3-7-5-12-6-14-7/h1-2,5-6,13H,3-4H2,(H,12,14). The van der Waals surface area contributed by atoms with Gasteiger partial charge in [0.25, 0.3) is 0 Å². The molecule has 0 spiro atoms. The van der Waals surface area contributed by atoms with Crippen LogP contribution in [0.2, 0.25) is 0 Å². The first-order valence-electron chi connectivity index (χ1n) is 5.86. The second-order valence-corrected chi connectivity index (χ2v) is 4.10. The number of H-pyrrole nitrogens is 1. The number of aromatic nitrogens is 4. The van der Waals surface area contributed by atoms with Crippen LogP contribution in [0.1, 0.15) is 5.69 Å². The van der Waals surface area contributed by atoms with Crippen LogP contribution in [0.3, 0.4) is 0 Å². The average Bonchev–Trinajstić information content (AvgIpc) is 3.09. The number of fused-ring (bicyclic) bond motifs is 1.